The van der Waals surface area contributed by atoms with Gasteiger partial charge in [0.2, 0.25) is 0 Å². The van der Waals surface area contributed by atoms with E-state index in [4.69, 9.17) is 14.2 Å². The summed E-state index contributed by atoms with van der Waals surface area (Å²) in [7, 11) is 0. The highest BCUT2D eigenvalue weighted by molar-refractivity contribution is 5.71. The first-order valence-electron chi connectivity index (χ1n) is 32.9. The van der Waals surface area contributed by atoms with Gasteiger partial charge in [-0.15, -0.1) is 0 Å². The number of hydrogen-bond acceptors (Lipinski definition) is 6. The molecule has 6 heteroatoms. The van der Waals surface area contributed by atoms with Gasteiger partial charge in [0.05, 0.1) is 0 Å². The number of ether oxygens (including phenoxy) is 3. The molecule has 0 aliphatic carbocycles. The van der Waals surface area contributed by atoms with Crippen LogP contribution in [0.2, 0.25) is 0 Å². The zero-order valence-corrected chi connectivity index (χ0v) is 50.5. The molecule has 0 fully saturated rings. The first-order valence-corrected chi connectivity index (χ1v) is 32.9. The molecular weight excluding hydrogens is 937 g/mol. The Kier molecular flexibility index (Phi) is 61.7. The van der Waals surface area contributed by atoms with Crippen molar-refractivity contribution in [1.29, 1.82) is 0 Å². The van der Waals surface area contributed by atoms with Crippen LogP contribution in [0.15, 0.2) is 72.9 Å². The molecule has 0 saturated heterocycles. The van der Waals surface area contributed by atoms with Crippen LogP contribution < -0.4 is 0 Å². The summed E-state index contributed by atoms with van der Waals surface area (Å²) in [5.41, 5.74) is 0. The molecule has 1 atom stereocenters. The third-order valence-corrected chi connectivity index (χ3v) is 14.4. The lowest BCUT2D eigenvalue weighted by molar-refractivity contribution is -0.167. The summed E-state index contributed by atoms with van der Waals surface area (Å²) in [6.07, 6.45) is 83.4. The maximum absolute atomic E-state index is 12.9. The van der Waals surface area contributed by atoms with Crippen LogP contribution in [0.25, 0.3) is 0 Å². The maximum Gasteiger partial charge on any atom is 0.306 e. The maximum atomic E-state index is 12.9. The van der Waals surface area contributed by atoms with Gasteiger partial charge >= 0.3 is 17.9 Å². The lowest BCUT2D eigenvalue weighted by Gasteiger charge is -2.18. The molecule has 0 N–H and O–H groups in total. The second kappa shape index (κ2) is 64.4. The van der Waals surface area contributed by atoms with Gasteiger partial charge in [0.25, 0.3) is 0 Å². The van der Waals surface area contributed by atoms with Crippen LogP contribution in [-0.2, 0) is 28.6 Å². The molecule has 0 aromatic carbocycles. The van der Waals surface area contributed by atoms with Crippen molar-refractivity contribution in [3.05, 3.63) is 72.9 Å². The van der Waals surface area contributed by atoms with Crippen molar-refractivity contribution in [2.24, 2.45) is 0 Å². The van der Waals surface area contributed by atoms with E-state index in [-0.39, 0.29) is 31.1 Å². The van der Waals surface area contributed by atoms with Crippen LogP contribution in [-0.4, -0.2) is 37.2 Å². The molecule has 6 nitrogen and oxygen atoms in total. The highest BCUT2D eigenvalue weighted by Gasteiger charge is 2.19. The predicted molar refractivity (Wildman–Crippen MR) is 330 cm³/mol. The van der Waals surface area contributed by atoms with E-state index in [1.54, 1.807) is 0 Å². The summed E-state index contributed by atoms with van der Waals surface area (Å²) in [5, 5.41) is 0. The van der Waals surface area contributed by atoms with E-state index in [1.807, 2.05) is 0 Å². The Bertz CT molecular complexity index is 1400. The standard InChI is InChI=1S/C70H124O6/c1-4-7-10-13-16-19-22-25-28-30-31-32-33-34-35-36-37-38-39-40-43-45-48-51-54-57-60-63-69(72)75-66-67(65-74-68(71)62-59-56-53-50-47-44-41-27-24-21-18-15-12-9-6-3)76-70(73)64-61-58-55-52-49-46-42-29-26-23-20-17-14-11-8-5-2/h7,10,16,18-19,21,25,27-28,31-32,41,67H,4-6,8-9,11-15,17,20,22-24,26,29-30,33-40,42-66H2,1-3H3/b10-7-,19-16-,21-18-,28-25-,32-31-,41-27-. The van der Waals surface area contributed by atoms with E-state index in [0.717, 1.165) is 103 Å². The average molecular weight is 1060 g/mol. The molecule has 0 saturated carbocycles. The van der Waals surface area contributed by atoms with E-state index in [1.165, 1.54) is 193 Å². The summed E-state index contributed by atoms with van der Waals surface area (Å²) in [6.45, 7) is 6.54. The van der Waals surface area contributed by atoms with Gasteiger partial charge < -0.3 is 14.2 Å². The van der Waals surface area contributed by atoms with Gasteiger partial charge in [0, 0.05) is 19.3 Å². The normalized spacial score (nSPS) is 12.5. The minimum Gasteiger partial charge on any atom is -0.462 e. The molecular formula is C70H124O6. The van der Waals surface area contributed by atoms with E-state index >= 15 is 0 Å². The van der Waals surface area contributed by atoms with Crippen LogP contribution in [0.5, 0.6) is 0 Å². The lowest BCUT2D eigenvalue weighted by Crippen LogP contribution is -2.30. The van der Waals surface area contributed by atoms with Crippen molar-refractivity contribution < 1.29 is 28.6 Å². The SMILES string of the molecule is CC/C=C\C/C=C\C/C=C\C/C=C\CCCCCCCCCCCCCCCCC(=O)OCC(COC(=O)CCCCCCC/C=C\C/C=C\CCCCC)OC(=O)CCCCCCCCCCCCCCCCCC. The van der Waals surface area contributed by atoms with Crippen molar-refractivity contribution in [2.45, 2.75) is 341 Å². The molecule has 76 heavy (non-hydrogen) atoms. The molecule has 440 valence electrons. The fourth-order valence-corrected chi connectivity index (χ4v) is 9.53. The molecule has 0 aromatic heterocycles. The van der Waals surface area contributed by atoms with Crippen LogP contribution in [0.1, 0.15) is 335 Å². The van der Waals surface area contributed by atoms with Gasteiger partial charge in [-0.1, -0.05) is 299 Å². The Morgan fingerprint density at radius 2 is 0.513 bits per heavy atom. The van der Waals surface area contributed by atoms with Gasteiger partial charge in [-0.05, 0) is 89.9 Å². The molecule has 0 aliphatic rings. The van der Waals surface area contributed by atoms with Crippen LogP contribution >= 0.6 is 0 Å². The second-order valence-corrected chi connectivity index (χ2v) is 22.0. The van der Waals surface area contributed by atoms with E-state index in [0.29, 0.717) is 19.3 Å². The number of esters is 3. The van der Waals surface area contributed by atoms with Crippen molar-refractivity contribution >= 4 is 17.9 Å². The number of rotatable bonds is 60. The molecule has 0 aliphatic heterocycles. The summed E-state index contributed by atoms with van der Waals surface area (Å²) in [6, 6.07) is 0. The van der Waals surface area contributed by atoms with Crippen LogP contribution in [0, 0.1) is 0 Å². The van der Waals surface area contributed by atoms with Gasteiger partial charge in [-0.25, -0.2) is 0 Å². The summed E-state index contributed by atoms with van der Waals surface area (Å²) >= 11 is 0. The monoisotopic (exact) mass is 1060 g/mol. The Balaban J connectivity index is 4.27. The van der Waals surface area contributed by atoms with Gasteiger partial charge in [-0.2, -0.15) is 0 Å². The second-order valence-electron chi connectivity index (χ2n) is 22.0. The molecule has 0 bridgehead atoms. The minimum atomic E-state index is -0.780. The van der Waals surface area contributed by atoms with Crippen molar-refractivity contribution in [3.8, 4) is 0 Å². The fraction of sp³-hybridized carbons (Fsp3) is 0.786. The third kappa shape index (κ3) is 61.7. The zero-order valence-electron chi connectivity index (χ0n) is 50.5. The quantitative estimate of drug-likeness (QED) is 0.0261. The van der Waals surface area contributed by atoms with Crippen molar-refractivity contribution in [3.63, 3.8) is 0 Å². The molecule has 1 unspecified atom stereocenters. The number of hydrogen-bond donors (Lipinski definition) is 0. The van der Waals surface area contributed by atoms with E-state index in [2.05, 4.69) is 93.7 Å². The van der Waals surface area contributed by atoms with Gasteiger partial charge in [0.1, 0.15) is 13.2 Å². The van der Waals surface area contributed by atoms with Crippen molar-refractivity contribution in [2.75, 3.05) is 13.2 Å². The molecule has 0 spiro atoms. The lowest BCUT2D eigenvalue weighted by atomic mass is 10.0. The zero-order chi connectivity index (χ0) is 55.0. The highest BCUT2D eigenvalue weighted by Crippen LogP contribution is 2.17. The molecule has 0 amide bonds. The molecule has 0 radical (unpaired) electrons. The Morgan fingerprint density at radius 1 is 0.276 bits per heavy atom. The minimum absolute atomic E-state index is 0.0762. The molecule has 0 aromatic rings. The largest absolute Gasteiger partial charge is 0.462 e. The van der Waals surface area contributed by atoms with Gasteiger partial charge in [-0.3, -0.25) is 14.4 Å². The Morgan fingerprint density at radius 3 is 0.829 bits per heavy atom. The Hall–Kier alpha value is -3.15. The predicted octanol–water partition coefficient (Wildman–Crippen LogP) is 22.5. The van der Waals surface area contributed by atoms with Crippen LogP contribution in [0.3, 0.4) is 0 Å². The molecule has 0 rings (SSSR count). The molecule has 0 heterocycles. The van der Waals surface area contributed by atoms with Crippen molar-refractivity contribution in [1.82, 2.24) is 0 Å². The fourth-order valence-electron chi connectivity index (χ4n) is 9.53. The van der Waals surface area contributed by atoms with E-state index in [9.17, 15) is 14.4 Å². The third-order valence-electron chi connectivity index (χ3n) is 14.4. The first-order chi connectivity index (χ1) is 37.5. The highest BCUT2D eigenvalue weighted by atomic mass is 16.6. The summed E-state index contributed by atoms with van der Waals surface area (Å²) < 4.78 is 16.9. The Labute approximate surface area is 472 Å². The average Bonchev–Trinajstić information content (AvgIpc) is 3.42. The van der Waals surface area contributed by atoms with E-state index < -0.39 is 6.10 Å². The number of unbranched alkanes of at least 4 members (excludes halogenated alkanes) is 37. The summed E-state index contributed by atoms with van der Waals surface area (Å²) in [5.74, 6) is -0.872. The summed E-state index contributed by atoms with van der Waals surface area (Å²) in [4.78, 5) is 38.3. The number of allylic oxidation sites excluding steroid dienone is 12. The smallest absolute Gasteiger partial charge is 0.306 e. The number of carbonyl (C=O) groups is 3. The van der Waals surface area contributed by atoms with Crippen LogP contribution in [0.4, 0.5) is 0 Å². The topological polar surface area (TPSA) is 78.9 Å². The first kappa shape index (κ1) is 72.8. The van der Waals surface area contributed by atoms with Gasteiger partial charge in [0.15, 0.2) is 6.10 Å². The number of carbonyl (C=O) groups excluding carboxylic acids is 3.